The van der Waals surface area contributed by atoms with Crippen LogP contribution in [0.1, 0.15) is 155 Å². The van der Waals surface area contributed by atoms with Crippen LogP contribution in [0.5, 0.6) is 0 Å². The lowest BCUT2D eigenvalue weighted by atomic mass is 10.0. The topological polar surface area (TPSA) is 104 Å². The van der Waals surface area contributed by atoms with Crippen molar-refractivity contribution in [2.75, 3.05) is 5.75 Å². The maximum Gasteiger partial charge on any atom is 0.266 e. The lowest BCUT2D eigenvalue weighted by Gasteiger charge is -2.23. The number of hydrogen-bond donors (Lipinski definition) is 3. The van der Waals surface area contributed by atoms with Crippen LogP contribution in [0.4, 0.5) is 0 Å². The summed E-state index contributed by atoms with van der Waals surface area (Å²) < 4.78 is 32.2. The van der Waals surface area contributed by atoms with Gasteiger partial charge in [-0.05, 0) is 44.9 Å². The predicted octanol–water partition coefficient (Wildman–Crippen LogP) is 8.45. The molecule has 0 aromatic heterocycles. The van der Waals surface area contributed by atoms with E-state index in [2.05, 4.69) is 43.5 Å². The molecule has 0 bridgehead atoms. The first kappa shape index (κ1) is 37.8. The predicted molar refractivity (Wildman–Crippen MR) is 166 cm³/mol. The zero-order valence-corrected chi connectivity index (χ0v) is 26.1. The molecular weight excluding hydrogens is 510 g/mol. The first-order chi connectivity index (χ1) is 18.8. The van der Waals surface area contributed by atoms with Crippen LogP contribution in [0.2, 0.25) is 0 Å². The van der Waals surface area contributed by atoms with Crippen molar-refractivity contribution in [3.63, 3.8) is 0 Å². The van der Waals surface area contributed by atoms with Crippen molar-refractivity contribution in [2.45, 2.75) is 167 Å². The van der Waals surface area contributed by atoms with E-state index in [1.165, 1.54) is 64.2 Å². The van der Waals surface area contributed by atoms with Crippen LogP contribution in [-0.2, 0) is 14.9 Å². The van der Waals surface area contributed by atoms with Crippen molar-refractivity contribution in [2.24, 2.45) is 0 Å². The molecule has 7 heteroatoms. The van der Waals surface area contributed by atoms with Crippen LogP contribution in [0.3, 0.4) is 0 Å². The largest absolute Gasteiger partial charge is 0.391 e. The van der Waals surface area contributed by atoms with Gasteiger partial charge in [-0.1, -0.05) is 128 Å². The Hall–Kier alpha value is -1.18. The molecule has 6 nitrogen and oxygen atoms in total. The van der Waals surface area contributed by atoms with Gasteiger partial charge < -0.3 is 10.4 Å². The summed E-state index contributed by atoms with van der Waals surface area (Å²) >= 11 is 0. The SMILES string of the molecule is CCCCC/C=C\C/C=C\CCCCCCCC(=O)NC(CS(=O)(=O)O)C(O)CCCCCCCCCCC. The molecule has 230 valence electrons. The Morgan fingerprint density at radius 2 is 1.15 bits per heavy atom. The number of allylic oxidation sites excluding steroid dienone is 4. The molecule has 0 radical (unpaired) electrons. The van der Waals surface area contributed by atoms with Gasteiger partial charge in [-0.2, -0.15) is 8.42 Å². The van der Waals surface area contributed by atoms with E-state index in [0.29, 0.717) is 12.8 Å². The molecule has 0 fully saturated rings. The number of rotatable bonds is 28. The van der Waals surface area contributed by atoms with Gasteiger partial charge in [-0.15, -0.1) is 0 Å². The molecule has 0 aliphatic heterocycles. The summed E-state index contributed by atoms with van der Waals surface area (Å²) in [5.74, 6) is -0.917. The van der Waals surface area contributed by atoms with Crippen molar-refractivity contribution in [3.8, 4) is 0 Å². The summed E-state index contributed by atoms with van der Waals surface area (Å²) in [6.45, 7) is 4.43. The van der Waals surface area contributed by atoms with Crippen molar-refractivity contribution in [1.29, 1.82) is 0 Å². The average molecular weight is 572 g/mol. The highest BCUT2D eigenvalue weighted by molar-refractivity contribution is 7.85. The molecule has 1 amide bonds. The summed E-state index contributed by atoms with van der Waals surface area (Å²) in [6.07, 6.45) is 31.2. The Balaban J connectivity index is 4.01. The van der Waals surface area contributed by atoms with Gasteiger partial charge in [0.15, 0.2) is 0 Å². The Bertz CT molecular complexity index is 720. The second-order valence-corrected chi connectivity index (χ2v) is 12.6. The smallest absolute Gasteiger partial charge is 0.266 e. The van der Waals surface area contributed by atoms with E-state index >= 15 is 0 Å². The number of nitrogens with one attached hydrogen (secondary N) is 1. The maximum absolute atomic E-state index is 12.4. The maximum atomic E-state index is 12.4. The average Bonchev–Trinajstić information content (AvgIpc) is 2.88. The van der Waals surface area contributed by atoms with E-state index in [-0.39, 0.29) is 5.91 Å². The zero-order chi connectivity index (χ0) is 29.0. The minimum absolute atomic E-state index is 0.263. The normalized spacial score (nSPS) is 13.8. The molecule has 3 N–H and O–H groups in total. The van der Waals surface area contributed by atoms with Gasteiger partial charge in [0, 0.05) is 6.42 Å². The molecule has 0 aromatic rings. The van der Waals surface area contributed by atoms with Crippen LogP contribution in [-0.4, -0.2) is 41.9 Å². The van der Waals surface area contributed by atoms with E-state index < -0.39 is 28.0 Å². The molecule has 0 saturated heterocycles. The van der Waals surface area contributed by atoms with Gasteiger partial charge >= 0.3 is 0 Å². The summed E-state index contributed by atoms with van der Waals surface area (Å²) in [4.78, 5) is 12.4. The molecule has 0 saturated carbocycles. The van der Waals surface area contributed by atoms with Gasteiger partial charge in [0.05, 0.1) is 17.9 Å². The third-order valence-electron chi connectivity index (χ3n) is 7.16. The molecule has 0 spiro atoms. The summed E-state index contributed by atoms with van der Waals surface area (Å²) in [5, 5.41) is 13.2. The first-order valence-electron chi connectivity index (χ1n) is 16.0. The van der Waals surface area contributed by atoms with Crippen LogP contribution in [0.25, 0.3) is 0 Å². The second-order valence-electron chi connectivity index (χ2n) is 11.1. The van der Waals surface area contributed by atoms with E-state index in [9.17, 15) is 22.9 Å². The Morgan fingerprint density at radius 3 is 1.72 bits per heavy atom. The van der Waals surface area contributed by atoms with E-state index in [1.807, 2.05) is 0 Å². The third-order valence-corrected chi connectivity index (χ3v) is 7.94. The van der Waals surface area contributed by atoms with Crippen molar-refractivity contribution < 1.29 is 22.9 Å². The fourth-order valence-corrected chi connectivity index (χ4v) is 5.48. The lowest BCUT2D eigenvalue weighted by Crippen LogP contribution is -2.47. The van der Waals surface area contributed by atoms with Gasteiger partial charge in [0.25, 0.3) is 10.1 Å². The number of carbonyl (C=O) groups excluding carboxylic acids is 1. The Kier molecular flexibility index (Phi) is 26.2. The molecular formula is C32H61NO5S. The highest BCUT2D eigenvalue weighted by atomic mass is 32.2. The van der Waals surface area contributed by atoms with Crippen molar-refractivity contribution in [1.82, 2.24) is 5.32 Å². The van der Waals surface area contributed by atoms with E-state index in [0.717, 1.165) is 64.2 Å². The first-order valence-corrected chi connectivity index (χ1v) is 17.6. The Morgan fingerprint density at radius 1 is 0.692 bits per heavy atom. The van der Waals surface area contributed by atoms with Crippen LogP contribution >= 0.6 is 0 Å². The number of amides is 1. The molecule has 2 atom stereocenters. The zero-order valence-electron chi connectivity index (χ0n) is 25.3. The fourth-order valence-electron chi connectivity index (χ4n) is 4.72. The van der Waals surface area contributed by atoms with Gasteiger partial charge in [-0.25, -0.2) is 0 Å². The van der Waals surface area contributed by atoms with Crippen LogP contribution < -0.4 is 5.32 Å². The standard InChI is InChI=1S/C32H61NO5S/c1-3-5-7-9-11-13-14-15-16-17-18-20-22-24-26-28-32(35)33-30(29-39(36,37)38)31(34)27-25-23-21-19-12-10-8-6-4-2/h11,13,15-16,30-31,34H,3-10,12,14,17-29H2,1-2H3,(H,33,35)(H,36,37,38)/b13-11-,16-15-. The molecule has 0 aliphatic carbocycles. The van der Waals surface area contributed by atoms with Crippen molar-refractivity contribution >= 4 is 16.0 Å². The minimum Gasteiger partial charge on any atom is -0.391 e. The van der Waals surface area contributed by atoms with Crippen LogP contribution in [0, 0.1) is 0 Å². The Labute approximate surface area is 241 Å². The van der Waals surface area contributed by atoms with Crippen LogP contribution in [0.15, 0.2) is 24.3 Å². The number of unbranched alkanes of at least 4 members (excludes halogenated alkanes) is 16. The number of hydrogen-bond acceptors (Lipinski definition) is 4. The quantitative estimate of drug-likeness (QED) is 0.0496. The molecule has 0 rings (SSSR count). The van der Waals surface area contributed by atoms with Gasteiger partial charge in [0.2, 0.25) is 5.91 Å². The third kappa shape index (κ3) is 28.2. The number of aliphatic hydroxyl groups excluding tert-OH is 1. The summed E-state index contributed by atoms with van der Waals surface area (Å²) in [5.41, 5.74) is 0. The number of carbonyl (C=O) groups is 1. The minimum atomic E-state index is -4.30. The molecule has 0 heterocycles. The fraction of sp³-hybridized carbons (Fsp3) is 0.844. The summed E-state index contributed by atoms with van der Waals surface area (Å²) in [7, 11) is -4.30. The molecule has 0 aliphatic rings. The van der Waals surface area contributed by atoms with E-state index in [4.69, 9.17) is 0 Å². The van der Waals surface area contributed by atoms with Crippen molar-refractivity contribution in [3.05, 3.63) is 24.3 Å². The van der Waals surface area contributed by atoms with Gasteiger partial charge in [-0.3, -0.25) is 9.35 Å². The van der Waals surface area contributed by atoms with E-state index in [1.54, 1.807) is 0 Å². The highest BCUT2D eigenvalue weighted by Crippen LogP contribution is 2.14. The second kappa shape index (κ2) is 27.0. The van der Waals surface area contributed by atoms with Gasteiger partial charge in [0.1, 0.15) is 0 Å². The monoisotopic (exact) mass is 571 g/mol. The summed E-state index contributed by atoms with van der Waals surface area (Å²) in [6, 6.07) is -0.973. The number of aliphatic hydroxyl groups is 1. The molecule has 39 heavy (non-hydrogen) atoms. The lowest BCUT2D eigenvalue weighted by molar-refractivity contribution is -0.122. The highest BCUT2D eigenvalue weighted by Gasteiger charge is 2.26. The molecule has 0 aromatic carbocycles. The molecule has 2 unspecified atom stereocenters.